The molecule has 0 saturated carbocycles. The lowest BCUT2D eigenvalue weighted by atomic mass is 10.1. The average molecular weight is 402 g/mol. The van der Waals surface area contributed by atoms with Gasteiger partial charge in [0.25, 0.3) is 5.56 Å². The van der Waals surface area contributed by atoms with Crippen LogP contribution in [0.5, 0.6) is 0 Å². The Bertz CT molecular complexity index is 878. The third-order valence-corrected chi connectivity index (χ3v) is 4.49. The van der Waals surface area contributed by atoms with Crippen LogP contribution in [0.25, 0.3) is 10.9 Å². The van der Waals surface area contributed by atoms with Gasteiger partial charge in [-0.05, 0) is 37.4 Å². The molecule has 3 amide bonds. The van der Waals surface area contributed by atoms with E-state index in [1.165, 1.54) is 0 Å². The van der Waals surface area contributed by atoms with Crippen molar-refractivity contribution < 1.29 is 9.59 Å². The van der Waals surface area contributed by atoms with E-state index in [2.05, 4.69) is 41.4 Å². The molecule has 0 bridgehead atoms. The molecule has 1 aromatic carbocycles. The highest BCUT2D eigenvalue weighted by Crippen LogP contribution is 2.08. The summed E-state index contributed by atoms with van der Waals surface area (Å²) in [7, 11) is 0. The van der Waals surface area contributed by atoms with Gasteiger partial charge in [0.05, 0.1) is 24.0 Å². The minimum Gasteiger partial charge on any atom is -0.338 e. The van der Waals surface area contributed by atoms with Crippen LogP contribution >= 0.6 is 0 Å². The molecule has 3 N–H and O–H groups in total. The molecule has 0 saturated heterocycles. The van der Waals surface area contributed by atoms with Gasteiger partial charge in [-0.1, -0.05) is 39.3 Å². The Labute approximate surface area is 171 Å². The smallest absolute Gasteiger partial charge is 0.321 e. The van der Waals surface area contributed by atoms with Crippen LogP contribution in [0.3, 0.4) is 0 Å². The Hall–Kier alpha value is -2.74. The molecule has 0 spiro atoms. The maximum Gasteiger partial charge on any atom is 0.321 e. The minimum absolute atomic E-state index is 0.0497. The molecule has 2 rings (SSSR count). The van der Waals surface area contributed by atoms with Gasteiger partial charge in [-0.3, -0.25) is 19.8 Å². The first-order chi connectivity index (χ1) is 13.9. The molecular formula is C21H31N5O3. The molecule has 8 nitrogen and oxygen atoms in total. The fraction of sp³-hybridized carbons (Fsp3) is 0.524. The van der Waals surface area contributed by atoms with E-state index in [1.807, 2.05) is 11.0 Å². The number of urea groups is 1. The maximum atomic E-state index is 12.3. The summed E-state index contributed by atoms with van der Waals surface area (Å²) < 4.78 is 0. The van der Waals surface area contributed by atoms with Crippen molar-refractivity contribution in [1.29, 1.82) is 0 Å². The van der Waals surface area contributed by atoms with Gasteiger partial charge in [-0.15, -0.1) is 0 Å². The highest BCUT2D eigenvalue weighted by Gasteiger charge is 2.15. The lowest BCUT2D eigenvalue weighted by Gasteiger charge is -2.21. The van der Waals surface area contributed by atoms with Crippen LogP contribution in [0.2, 0.25) is 0 Å². The zero-order valence-corrected chi connectivity index (χ0v) is 17.5. The van der Waals surface area contributed by atoms with Gasteiger partial charge in [-0.2, -0.15) is 0 Å². The molecule has 29 heavy (non-hydrogen) atoms. The number of para-hydroxylation sites is 1. The Kier molecular flexibility index (Phi) is 8.79. The topological polar surface area (TPSA) is 107 Å². The number of hydrogen-bond donors (Lipinski definition) is 3. The maximum absolute atomic E-state index is 12.3. The van der Waals surface area contributed by atoms with Crippen LogP contribution in [-0.4, -0.2) is 46.4 Å². The third-order valence-electron chi connectivity index (χ3n) is 4.49. The predicted octanol–water partition coefficient (Wildman–Crippen LogP) is 2.40. The van der Waals surface area contributed by atoms with E-state index in [4.69, 9.17) is 0 Å². The van der Waals surface area contributed by atoms with E-state index in [1.54, 1.807) is 18.2 Å². The van der Waals surface area contributed by atoms with E-state index in [0.717, 1.165) is 19.3 Å². The van der Waals surface area contributed by atoms with Crippen LogP contribution in [0, 0.1) is 5.92 Å². The van der Waals surface area contributed by atoms with Crippen LogP contribution in [-0.2, 0) is 11.3 Å². The zero-order valence-electron chi connectivity index (χ0n) is 17.5. The van der Waals surface area contributed by atoms with Crippen molar-refractivity contribution >= 4 is 22.8 Å². The lowest BCUT2D eigenvalue weighted by molar-refractivity contribution is -0.121. The molecule has 8 heteroatoms. The molecule has 2 aromatic rings. The van der Waals surface area contributed by atoms with E-state index >= 15 is 0 Å². The van der Waals surface area contributed by atoms with Crippen molar-refractivity contribution in [2.45, 2.75) is 46.6 Å². The number of imide groups is 1. The number of carbonyl (C=O) groups is 2. The second-order valence-electron chi connectivity index (χ2n) is 7.58. The highest BCUT2D eigenvalue weighted by molar-refractivity contribution is 5.95. The molecule has 0 atom stereocenters. The summed E-state index contributed by atoms with van der Waals surface area (Å²) in [5.41, 5.74) is 0.422. The van der Waals surface area contributed by atoms with Crippen molar-refractivity contribution in [3.05, 3.63) is 40.4 Å². The Morgan fingerprint density at radius 3 is 2.72 bits per heavy atom. The van der Waals surface area contributed by atoms with Gasteiger partial charge in [0.15, 0.2) is 0 Å². The molecular weight excluding hydrogens is 370 g/mol. The number of rotatable bonds is 10. The number of carbonyl (C=O) groups excluding carboxylic acids is 2. The molecule has 0 fully saturated rings. The summed E-state index contributed by atoms with van der Waals surface area (Å²) >= 11 is 0. The fourth-order valence-electron chi connectivity index (χ4n) is 2.91. The quantitative estimate of drug-likeness (QED) is 0.567. The van der Waals surface area contributed by atoms with Gasteiger partial charge in [0.1, 0.15) is 5.82 Å². The minimum atomic E-state index is -0.483. The number of unbranched alkanes of at least 4 members (excludes halogenated alkanes) is 1. The monoisotopic (exact) mass is 401 g/mol. The number of benzene rings is 1. The van der Waals surface area contributed by atoms with E-state index in [0.29, 0.717) is 42.3 Å². The lowest BCUT2D eigenvalue weighted by Crippen LogP contribution is -2.45. The van der Waals surface area contributed by atoms with Crippen molar-refractivity contribution in [2.75, 3.05) is 19.6 Å². The number of nitrogens with one attached hydrogen (secondary N) is 3. The summed E-state index contributed by atoms with van der Waals surface area (Å²) in [4.78, 5) is 45.6. The van der Waals surface area contributed by atoms with Crippen LogP contribution in [0.1, 0.15) is 45.9 Å². The number of aromatic nitrogens is 2. The molecule has 0 aliphatic rings. The van der Waals surface area contributed by atoms with Crippen molar-refractivity contribution in [3.63, 3.8) is 0 Å². The van der Waals surface area contributed by atoms with Crippen molar-refractivity contribution in [3.8, 4) is 0 Å². The first-order valence-electron chi connectivity index (χ1n) is 10.2. The first kappa shape index (κ1) is 22.5. The molecule has 1 aromatic heterocycles. The van der Waals surface area contributed by atoms with Gasteiger partial charge in [0, 0.05) is 6.54 Å². The number of nitrogens with zero attached hydrogens (tertiary/aromatic N) is 2. The Morgan fingerprint density at radius 1 is 1.24 bits per heavy atom. The fourth-order valence-corrected chi connectivity index (χ4v) is 2.91. The average Bonchev–Trinajstić information content (AvgIpc) is 2.65. The predicted molar refractivity (Wildman–Crippen MR) is 114 cm³/mol. The standard InChI is InChI=1S/C21H31N5O3/c1-4-5-12-26(14-19(27)25-21(29)22-11-10-15(2)3)13-18-23-17-9-7-6-8-16(17)20(28)24-18/h6-9,15H,4-5,10-14H2,1-3H3,(H,23,24,28)(H2,22,25,27,29). The number of fused-ring (bicyclic) bond motifs is 1. The molecule has 158 valence electrons. The normalized spacial score (nSPS) is 11.2. The summed E-state index contributed by atoms with van der Waals surface area (Å²) in [5.74, 6) is 0.595. The molecule has 0 aliphatic heterocycles. The van der Waals surface area contributed by atoms with Gasteiger partial charge in [-0.25, -0.2) is 9.78 Å². The Balaban J connectivity index is 1.99. The number of H-pyrrole nitrogens is 1. The summed E-state index contributed by atoms with van der Waals surface area (Å²) in [6.07, 6.45) is 2.71. The van der Waals surface area contributed by atoms with E-state index in [-0.39, 0.29) is 18.0 Å². The molecule has 0 unspecified atom stereocenters. The summed E-state index contributed by atoms with van der Waals surface area (Å²) in [6, 6.07) is 6.66. The SMILES string of the molecule is CCCCN(CC(=O)NC(=O)NCCC(C)C)Cc1nc2ccccc2c(=O)[nH]1. The summed E-state index contributed by atoms with van der Waals surface area (Å²) in [6.45, 7) is 7.77. The van der Waals surface area contributed by atoms with Gasteiger partial charge >= 0.3 is 6.03 Å². The number of aromatic amines is 1. The Morgan fingerprint density at radius 2 is 2.00 bits per heavy atom. The second kappa shape index (κ2) is 11.3. The largest absolute Gasteiger partial charge is 0.338 e. The number of hydrogen-bond acceptors (Lipinski definition) is 5. The second-order valence-corrected chi connectivity index (χ2v) is 7.58. The third kappa shape index (κ3) is 7.65. The first-order valence-corrected chi connectivity index (χ1v) is 10.2. The molecule has 0 aliphatic carbocycles. The highest BCUT2D eigenvalue weighted by atomic mass is 16.2. The summed E-state index contributed by atoms with van der Waals surface area (Å²) in [5, 5.41) is 5.59. The zero-order chi connectivity index (χ0) is 21.2. The van der Waals surface area contributed by atoms with Crippen LogP contribution in [0.15, 0.2) is 29.1 Å². The van der Waals surface area contributed by atoms with Crippen molar-refractivity contribution in [1.82, 2.24) is 25.5 Å². The van der Waals surface area contributed by atoms with Gasteiger partial charge in [0.2, 0.25) is 5.91 Å². The van der Waals surface area contributed by atoms with E-state index < -0.39 is 6.03 Å². The van der Waals surface area contributed by atoms with Crippen LogP contribution in [0.4, 0.5) is 4.79 Å². The number of amides is 3. The molecule has 0 radical (unpaired) electrons. The molecule has 1 heterocycles. The van der Waals surface area contributed by atoms with Gasteiger partial charge < -0.3 is 10.3 Å². The van der Waals surface area contributed by atoms with E-state index in [9.17, 15) is 14.4 Å². The van der Waals surface area contributed by atoms with Crippen LogP contribution < -0.4 is 16.2 Å². The van der Waals surface area contributed by atoms with Crippen molar-refractivity contribution in [2.24, 2.45) is 5.92 Å².